The first-order valence-electron chi connectivity index (χ1n) is 9.72. The lowest BCUT2D eigenvalue weighted by Crippen LogP contribution is -2.49. The number of aromatic carboxylic acids is 1. The van der Waals surface area contributed by atoms with Crippen molar-refractivity contribution in [2.45, 2.75) is 31.3 Å². The Hall–Kier alpha value is -3.47. The summed E-state index contributed by atoms with van der Waals surface area (Å²) < 4.78 is 22.5. The number of carboxylic acid groups (broad SMARTS) is 1. The molecule has 4 rings (SSSR count). The number of carboxylic acids is 1. The molecular weight excluding hydrogens is 411 g/mol. The number of nitrogens with zero attached hydrogens (tertiary/aromatic N) is 3. The molecule has 1 saturated heterocycles. The fourth-order valence-corrected chi connectivity index (χ4v) is 4.00. The standard InChI is InChI=1S/C20H21FN4O6/c1-30-19-16-11(18(27)12(20(28)29)7-25(16)10-2-3-10)6-13(21)17(19)24-5-4-15(14(22)8-24)23-31-9-26/h6-7,9-10,14H,2-5,8,22H2,1H3,(H,28,29)/b23-15+. The summed E-state index contributed by atoms with van der Waals surface area (Å²) in [7, 11) is 1.37. The van der Waals surface area contributed by atoms with Gasteiger partial charge in [-0.3, -0.25) is 9.59 Å². The van der Waals surface area contributed by atoms with Crippen LogP contribution < -0.4 is 20.8 Å². The molecule has 2 aliphatic rings. The van der Waals surface area contributed by atoms with Crippen molar-refractivity contribution in [2.24, 2.45) is 10.9 Å². The third-order valence-electron chi connectivity index (χ3n) is 5.59. The van der Waals surface area contributed by atoms with Gasteiger partial charge in [0.25, 0.3) is 0 Å². The molecule has 1 aromatic heterocycles. The van der Waals surface area contributed by atoms with Gasteiger partial charge in [-0.15, -0.1) is 0 Å². The Kier molecular flexibility index (Phi) is 5.36. The van der Waals surface area contributed by atoms with Gasteiger partial charge in [0.05, 0.1) is 29.8 Å². The van der Waals surface area contributed by atoms with Crippen LogP contribution >= 0.6 is 0 Å². The molecule has 0 bridgehead atoms. The third-order valence-corrected chi connectivity index (χ3v) is 5.59. The summed E-state index contributed by atoms with van der Waals surface area (Å²) in [6.45, 7) is 0.704. The number of oxime groups is 1. The molecule has 0 radical (unpaired) electrons. The van der Waals surface area contributed by atoms with Gasteiger partial charge in [0.2, 0.25) is 5.43 Å². The van der Waals surface area contributed by atoms with Gasteiger partial charge >= 0.3 is 12.4 Å². The number of hydrogen-bond acceptors (Lipinski definition) is 8. The van der Waals surface area contributed by atoms with Crippen molar-refractivity contribution in [3.63, 3.8) is 0 Å². The van der Waals surface area contributed by atoms with Crippen molar-refractivity contribution < 1.29 is 28.7 Å². The van der Waals surface area contributed by atoms with E-state index < -0.39 is 28.8 Å². The second-order valence-electron chi connectivity index (χ2n) is 7.54. The number of fused-ring (bicyclic) bond motifs is 1. The van der Waals surface area contributed by atoms with E-state index in [2.05, 4.69) is 9.99 Å². The summed E-state index contributed by atoms with van der Waals surface area (Å²) in [5.41, 5.74) is 5.91. The van der Waals surface area contributed by atoms with Gasteiger partial charge in [-0.25, -0.2) is 9.18 Å². The van der Waals surface area contributed by atoms with E-state index >= 15 is 4.39 Å². The molecule has 11 heteroatoms. The number of anilines is 1. The molecule has 0 amide bonds. The van der Waals surface area contributed by atoms with E-state index in [9.17, 15) is 19.5 Å². The number of methoxy groups -OCH3 is 1. The highest BCUT2D eigenvalue weighted by Crippen LogP contribution is 2.44. The molecule has 1 atom stereocenters. The Morgan fingerprint density at radius 2 is 2.16 bits per heavy atom. The average Bonchev–Trinajstić information content (AvgIpc) is 3.57. The minimum absolute atomic E-state index is 0.0104. The monoisotopic (exact) mass is 432 g/mol. The smallest absolute Gasteiger partial charge is 0.341 e. The molecule has 2 fully saturated rings. The Balaban J connectivity index is 1.88. The van der Waals surface area contributed by atoms with E-state index in [-0.39, 0.29) is 35.9 Å². The largest absolute Gasteiger partial charge is 0.492 e. The first-order valence-corrected chi connectivity index (χ1v) is 9.72. The first-order chi connectivity index (χ1) is 14.9. The number of carbonyl (C=O) groups excluding carboxylic acids is 1. The molecule has 10 nitrogen and oxygen atoms in total. The Morgan fingerprint density at radius 3 is 2.74 bits per heavy atom. The minimum Gasteiger partial charge on any atom is -0.492 e. The van der Waals surface area contributed by atoms with Crippen molar-refractivity contribution in [1.29, 1.82) is 0 Å². The van der Waals surface area contributed by atoms with Gasteiger partial charge in [-0.2, -0.15) is 0 Å². The lowest BCUT2D eigenvalue weighted by Gasteiger charge is -2.34. The van der Waals surface area contributed by atoms with Gasteiger partial charge < -0.3 is 29.9 Å². The minimum atomic E-state index is -1.36. The molecule has 0 spiro atoms. The fraction of sp³-hybridized carbons (Fsp3) is 0.400. The Bertz CT molecular complexity index is 1160. The first kappa shape index (κ1) is 20.8. The normalized spacial score (nSPS) is 20.2. The molecule has 1 unspecified atom stereocenters. The maximum Gasteiger partial charge on any atom is 0.341 e. The van der Waals surface area contributed by atoms with Crippen LogP contribution in [-0.2, 0) is 9.63 Å². The van der Waals surface area contributed by atoms with Gasteiger partial charge in [0.1, 0.15) is 11.3 Å². The molecule has 164 valence electrons. The van der Waals surface area contributed by atoms with Crippen molar-refractivity contribution in [2.75, 3.05) is 25.1 Å². The van der Waals surface area contributed by atoms with Crippen molar-refractivity contribution in [3.8, 4) is 5.75 Å². The van der Waals surface area contributed by atoms with Crippen LogP contribution in [0.5, 0.6) is 5.75 Å². The number of rotatable bonds is 6. The maximum atomic E-state index is 15.3. The van der Waals surface area contributed by atoms with E-state index in [0.29, 0.717) is 24.2 Å². The quantitative estimate of drug-likeness (QED) is 0.395. The number of hydrogen-bond donors (Lipinski definition) is 2. The van der Waals surface area contributed by atoms with Crippen molar-refractivity contribution >= 4 is 34.7 Å². The van der Waals surface area contributed by atoms with Crippen LogP contribution in [0.25, 0.3) is 10.9 Å². The zero-order chi connectivity index (χ0) is 22.3. The Morgan fingerprint density at radius 1 is 1.42 bits per heavy atom. The molecule has 2 aromatic rings. The van der Waals surface area contributed by atoms with E-state index in [1.165, 1.54) is 13.3 Å². The Labute approximate surface area is 175 Å². The molecule has 31 heavy (non-hydrogen) atoms. The predicted octanol–water partition coefficient (Wildman–Crippen LogP) is 1.25. The highest BCUT2D eigenvalue weighted by atomic mass is 19.1. The van der Waals surface area contributed by atoms with E-state index in [1.807, 2.05) is 0 Å². The summed E-state index contributed by atoms with van der Waals surface area (Å²) in [6.07, 6.45) is 3.28. The van der Waals surface area contributed by atoms with Crippen molar-refractivity contribution in [1.82, 2.24) is 4.57 Å². The second-order valence-corrected chi connectivity index (χ2v) is 7.54. The lowest BCUT2D eigenvalue weighted by atomic mass is 10.0. The molecule has 1 aromatic carbocycles. The highest BCUT2D eigenvalue weighted by molar-refractivity contribution is 5.98. The number of carbonyl (C=O) groups is 2. The molecule has 2 heterocycles. The van der Waals surface area contributed by atoms with Crippen LogP contribution in [0.15, 0.2) is 22.2 Å². The summed E-state index contributed by atoms with van der Waals surface area (Å²) in [4.78, 5) is 40.8. The summed E-state index contributed by atoms with van der Waals surface area (Å²) in [6, 6.07) is 0.468. The number of pyridine rings is 1. The van der Waals surface area contributed by atoms with Gasteiger partial charge in [-0.1, -0.05) is 5.16 Å². The van der Waals surface area contributed by atoms with Crippen LogP contribution in [0.2, 0.25) is 0 Å². The van der Waals surface area contributed by atoms with Crippen LogP contribution in [0, 0.1) is 5.82 Å². The molecular formula is C20H21FN4O6. The van der Waals surface area contributed by atoms with Gasteiger partial charge in [0, 0.05) is 31.7 Å². The highest BCUT2D eigenvalue weighted by Gasteiger charge is 2.33. The second kappa shape index (κ2) is 7.99. The number of ether oxygens (including phenoxy) is 1. The third kappa shape index (κ3) is 3.61. The molecule has 3 N–H and O–H groups in total. The number of nitrogens with two attached hydrogens (primary N) is 1. The lowest BCUT2D eigenvalue weighted by molar-refractivity contribution is -0.128. The summed E-state index contributed by atoms with van der Waals surface area (Å²) >= 11 is 0. The molecule has 1 aliphatic heterocycles. The zero-order valence-electron chi connectivity index (χ0n) is 16.7. The van der Waals surface area contributed by atoms with E-state index in [4.69, 9.17) is 10.5 Å². The molecule has 1 aliphatic carbocycles. The zero-order valence-corrected chi connectivity index (χ0v) is 16.7. The topological polar surface area (TPSA) is 136 Å². The number of halogens is 1. The summed E-state index contributed by atoms with van der Waals surface area (Å²) in [5, 5.41) is 13.0. The van der Waals surface area contributed by atoms with Crippen LogP contribution in [0.4, 0.5) is 10.1 Å². The predicted molar refractivity (Wildman–Crippen MR) is 109 cm³/mol. The SMILES string of the molecule is COc1c(N2CC/C(=N\OC=O)C(N)C2)c(F)cc2c(=O)c(C(=O)O)cn(C3CC3)c12. The van der Waals surface area contributed by atoms with Crippen LogP contribution in [0.3, 0.4) is 0 Å². The van der Waals surface area contributed by atoms with Crippen LogP contribution in [-0.4, -0.2) is 54.1 Å². The van der Waals surface area contributed by atoms with E-state index in [0.717, 1.165) is 18.9 Å². The van der Waals surface area contributed by atoms with Crippen LogP contribution in [0.1, 0.15) is 35.7 Å². The fourth-order valence-electron chi connectivity index (χ4n) is 4.00. The number of benzene rings is 1. The van der Waals surface area contributed by atoms with E-state index in [1.54, 1.807) is 9.47 Å². The van der Waals surface area contributed by atoms with Gasteiger partial charge in [0.15, 0.2) is 11.6 Å². The average molecular weight is 432 g/mol. The number of aromatic nitrogens is 1. The maximum absolute atomic E-state index is 15.3. The molecule has 1 saturated carbocycles. The van der Waals surface area contributed by atoms with Gasteiger partial charge in [-0.05, 0) is 18.9 Å². The summed E-state index contributed by atoms with van der Waals surface area (Å²) in [5.74, 6) is -1.94. The number of piperidine rings is 1. The van der Waals surface area contributed by atoms with Crippen molar-refractivity contribution in [3.05, 3.63) is 33.9 Å².